The van der Waals surface area contributed by atoms with E-state index in [1.165, 1.54) is 12.1 Å². The van der Waals surface area contributed by atoms with E-state index in [2.05, 4.69) is 0 Å². The summed E-state index contributed by atoms with van der Waals surface area (Å²) in [5.74, 6) is 0.794. The molecule has 1 aliphatic rings. The lowest BCUT2D eigenvalue weighted by Gasteiger charge is -2.07. The average molecular weight is 442 g/mol. The maximum Gasteiger partial charge on any atom is 0.269 e. The summed E-state index contributed by atoms with van der Waals surface area (Å²) < 4.78 is 11.4. The van der Waals surface area contributed by atoms with Gasteiger partial charge in [-0.25, -0.2) is 0 Å². The molecule has 0 saturated heterocycles. The van der Waals surface area contributed by atoms with Gasteiger partial charge in [0.2, 0.25) is 5.78 Å². The fourth-order valence-corrected chi connectivity index (χ4v) is 3.36. The van der Waals surface area contributed by atoms with Gasteiger partial charge in [-0.3, -0.25) is 14.9 Å². The molecule has 0 spiro atoms. The van der Waals surface area contributed by atoms with Crippen LogP contribution in [-0.4, -0.2) is 10.7 Å². The van der Waals surface area contributed by atoms with E-state index in [0.717, 1.165) is 5.56 Å². The summed E-state index contributed by atoms with van der Waals surface area (Å²) in [6, 6.07) is 16.0. The first-order valence-corrected chi connectivity index (χ1v) is 9.56. The number of fused-ring (bicyclic) bond motifs is 1. The van der Waals surface area contributed by atoms with E-state index in [4.69, 9.17) is 32.7 Å². The summed E-state index contributed by atoms with van der Waals surface area (Å²) in [6.45, 7) is 0.216. The first-order valence-electron chi connectivity index (χ1n) is 8.80. The van der Waals surface area contributed by atoms with Gasteiger partial charge in [0, 0.05) is 28.2 Å². The van der Waals surface area contributed by atoms with Crippen molar-refractivity contribution >= 4 is 40.7 Å². The minimum atomic E-state index is -0.457. The highest BCUT2D eigenvalue weighted by Gasteiger charge is 2.28. The smallest absolute Gasteiger partial charge is 0.269 e. The number of nitrogens with zero attached hydrogens (tertiary/aromatic N) is 1. The topological polar surface area (TPSA) is 78.7 Å². The van der Waals surface area contributed by atoms with Crippen LogP contribution in [0.4, 0.5) is 5.69 Å². The fourth-order valence-electron chi connectivity index (χ4n) is 2.90. The molecule has 3 aromatic rings. The first-order chi connectivity index (χ1) is 14.4. The van der Waals surface area contributed by atoms with Crippen molar-refractivity contribution < 1.29 is 19.2 Å². The molecule has 0 atom stereocenters. The number of rotatable bonds is 5. The Morgan fingerprint density at radius 3 is 2.50 bits per heavy atom. The van der Waals surface area contributed by atoms with Gasteiger partial charge in [0.05, 0.1) is 10.5 Å². The Labute approximate surface area is 181 Å². The van der Waals surface area contributed by atoms with E-state index in [9.17, 15) is 14.9 Å². The highest BCUT2D eigenvalue weighted by atomic mass is 35.5. The summed E-state index contributed by atoms with van der Waals surface area (Å²) in [7, 11) is 0. The summed E-state index contributed by atoms with van der Waals surface area (Å²) >= 11 is 12.1. The van der Waals surface area contributed by atoms with Crippen LogP contribution in [0.5, 0.6) is 11.5 Å². The van der Waals surface area contributed by atoms with Crippen LogP contribution in [0.15, 0.2) is 66.4 Å². The molecule has 0 saturated carbocycles. The number of nitro groups is 1. The quantitative estimate of drug-likeness (QED) is 0.271. The van der Waals surface area contributed by atoms with E-state index in [0.29, 0.717) is 32.7 Å². The molecule has 0 aromatic heterocycles. The van der Waals surface area contributed by atoms with Crippen LogP contribution in [0, 0.1) is 10.1 Å². The van der Waals surface area contributed by atoms with Crippen LogP contribution in [0.2, 0.25) is 10.0 Å². The Hall–Kier alpha value is -3.35. The number of nitro benzene ring substituents is 1. The molecule has 4 rings (SSSR count). The van der Waals surface area contributed by atoms with E-state index in [-0.39, 0.29) is 23.8 Å². The van der Waals surface area contributed by atoms with Gasteiger partial charge < -0.3 is 9.47 Å². The highest BCUT2D eigenvalue weighted by Crippen LogP contribution is 2.36. The highest BCUT2D eigenvalue weighted by molar-refractivity contribution is 6.35. The number of non-ortho nitro benzene ring substituents is 1. The Morgan fingerprint density at radius 2 is 1.80 bits per heavy atom. The van der Waals surface area contributed by atoms with Crippen molar-refractivity contribution in [2.24, 2.45) is 0 Å². The van der Waals surface area contributed by atoms with Gasteiger partial charge in [-0.15, -0.1) is 0 Å². The zero-order chi connectivity index (χ0) is 21.3. The van der Waals surface area contributed by atoms with Gasteiger partial charge in [0.1, 0.15) is 18.1 Å². The van der Waals surface area contributed by atoms with E-state index >= 15 is 0 Å². The zero-order valence-electron chi connectivity index (χ0n) is 15.3. The van der Waals surface area contributed by atoms with Crippen molar-refractivity contribution in [1.29, 1.82) is 0 Å². The van der Waals surface area contributed by atoms with Crippen LogP contribution >= 0.6 is 23.2 Å². The molecular formula is C22H13Cl2NO5. The molecule has 30 heavy (non-hydrogen) atoms. The number of benzene rings is 3. The second-order valence-corrected chi connectivity index (χ2v) is 7.32. The molecule has 8 heteroatoms. The molecule has 1 heterocycles. The molecule has 150 valence electrons. The molecule has 6 nitrogen and oxygen atoms in total. The van der Waals surface area contributed by atoms with Crippen molar-refractivity contribution in [2.75, 3.05) is 0 Å². The van der Waals surface area contributed by atoms with Crippen molar-refractivity contribution in [3.63, 3.8) is 0 Å². The third kappa shape index (κ3) is 4.15. The number of carbonyl (C=O) groups excluding carboxylic acids is 1. The minimum Gasteiger partial charge on any atom is -0.489 e. The molecule has 0 bridgehead atoms. The minimum absolute atomic E-state index is 0.0169. The number of ketones is 1. The van der Waals surface area contributed by atoms with Crippen molar-refractivity contribution in [1.82, 2.24) is 0 Å². The van der Waals surface area contributed by atoms with Gasteiger partial charge in [-0.05, 0) is 53.6 Å². The Bertz CT molecular complexity index is 1190. The third-order valence-electron chi connectivity index (χ3n) is 4.44. The Balaban J connectivity index is 1.49. The number of halogens is 2. The molecule has 1 aliphatic heterocycles. The fraction of sp³-hybridized carbons (Fsp3) is 0.0455. The first kappa shape index (κ1) is 19.9. The lowest BCUT2D eigenvalue weighted by Crippen LogP contribution is -1.98. The molecule has 0 aliphatic carbocycles. The summed E-state index contributed by atoms with van der Waals surface area (Å²) in [6.07, 6.45) is 1.57. The third-order valence-corrected chi connectivity index (χ3v) is 5.01. The Kier molecular flexibility index (Phi) is 5.44. The number of hydrogen-bond donors (Lipinski definition) is 0. The molecule has 0 fully saturated rings. The van der Waals surface area contributed by atoms with Crippen LogP contribution in [0.3, 0.4) is 0 Å². The maximum absolute atomic E-state index is 12.6. The SMILES string of the molecule is O=C1C(=Cc2ccc(Cl)cc2Cl)Oc2cc(OCc3ccc([N+](=O)[O-])cc3)ccc21. The van der Waals surface area contributed by atoms with Crippen LogP contribution in [-0.2, 0) is 6.61 Å². The lowest BCUT2D eigenvalue weighted by atomic mass is 10.1. The zero-order valence-corrected chi connectivity index (χ0v) is 16.8. The van der Waals surface area contributed by atoms with Crippen LogP contribution < -0.4 is 9.47 Å². The van der Waals surface area contributed by atoms with Gasteiger partial charge >= 0.3 is 0 Å². The van der Waals surface area contributed by atoms with Crippen LogP contribution in [0.25, 0.3) is 6.08 Å². The van der Waals surface area contributed by atoms with Gasteiger partial charge in [-0.2, -0.15) is 0 Å². The number of Topliss-reactive ketones (excluding diaryl/α,β-unsaturated/α-hetero) is 1. The number of ether oxygens (including phenoxy) is 2. The molecular weight excluding hydrogens is 429 g/mol. The molecule has 0 N–H and O–H groups in total. The second kappa shape index (κ2) is 8.18. The average Bonchev–Trinajstić information content (AvgIpc) is 3.03. The van der Waals surface area contributed by atoms with Crippen molar-refractivity contribution in [3.05, 3.63) is 103 Å². The van der Waals surface area contributed by atoms with Gasteiger partial charge in [-0.1, -0.05) is 29.3 Å². The number of hydrogen-bond acceptors (Lipinski definition) is 5. The van der Waals surface area contributed by atoms with E-state index in [1.807, 2.05) is 0 Å². The van der Waals surface area contributed by atoms with E-state index < -0.39 is 4.92 Å². The largest absolute Gasteiger partial charge is 0.489 e. The molecule has 0 amide bonds. The maximum atomic E-state index is 12.6. The van der Waals surface area contributed by atoms with Crippen molar-refractivity contribution in [2.45, 2.75) is 6.61 Å². The summed E-state index contributed by atoms with van der Waals surface area (Å²) in [5, 5.41) is 11.6. The summed E-state index contributed by atoms with van der Waals surface area (Å²) in [4.78, 5) is 22.9. The van der Waals surface area contributed by atoms with Gasteiger partial charge in [0.15, 0.2) is 5.76 Å². The lowest BCUT2D eigenvalue weighted by molar-refractivity contribution is -0.384. The van der Waals surface area contributed by atoms with Gasteiger partial charge in [0.25, 0.3) is 5.69 Å². The predicted octanol–water partition coefficient (Wildman–Crippen LogP) is 6.10. The molecule has 0 radical (unpaired) electrons. The second-order valence-electron chi connectivity index (χ2n) is 6.48. The summed E-state index contributed by atoms with van der Waals surface area (Å²) in [5.41, 5.74) is 1.83. The monoisotopic (exact) mass is 441 g/mol. The van der Waals surface area contributed by atoms with Crippen molar-refractivity contribution in [3.8, 4) is 11.5 Å². The Morgan fingerprint density at radius 1 is 1.03 bits per heavy atom. The predicted molar refractivity (Wildman–Crippen MR) is 113 cm³/mol. The number of allylic oxidation sites excluding steroid dienone is 1. The van der Waals surface area contributed by atoms with E-state index in [1.54, 1.807) is 54.6 Å². The standard InChI is InChI=1S/C22H13Cl2NO5/c23-15-4-3-14(19(24)10-15)9-21-22(26)18-8-7-17(11-20(18)30-21)29-12-13-1-5-16(6-2-13)25(27)28/h1-11H,12H2. The molecule has 3 aromatic carbocycles. The number of carbonyl (C=O) groups is 1. The van der Waals surface area contributed by atoms with Crippen LogP contribution in [0.1, 0.15) is 21.5 Å². The molecule has 0 unspecified atom stereocenters. The normalized spacial score (nSPS) is 13.8.